The van der Waals surface area contributed by atoms with Gasteiger partial charge in [0.2, 0.25) is 0 Å². The van der Waals surface area contributed by atoms with Crippen molar-refractivity contribution in [1.82, 2.24) is 5.32 Å². The van der Waals surface area contributed by atoms with Gasteiger partial charge in [0.15, 0.2) is 0 Å². The van der Waals surface area contributed by atoms with E-state index in [2.05, 4.69) is 22.5 Å². The minimum absolute atomic E-state index is 0.0702. The highest BCUT2D eigenvalue weighted by Crippen LogP contribution is 2.20. The molecule has 1 aromatic rings. The second-order valence-corrected chi connectivity index (χ2v) is 3.67. The van der Waals surface area contributed by atoms with E-state index in [9.17, 15) is 9.59 Å². The molecule has 0 aliphatic carbocycles. The number of hydrogen-bond acceptors (Lipinski definition) is 2. The van der Waals surface area contributed by atoms with Gasteiger partial charge in [0.25, 0.3) is 0 Å². The second-order valence-electron chi connectivity index (χ2n) is 3.23. The zero-order valence-corrected chi connectivity index (χ0v) is 10.3. The van der Waals surface area contributed by atoms with Gasteiger partial charge in [0.1, 0.15) is 0 Å². The van der Waals surface area contributed by atoms with Gasteiger partial charge in [-0.3, -0.25) is 0 Å². The zero-order valence-electron chi connectivity index (χ0n) is 9.58. The van der Waals surface area contributed by atoms with Crippen molar-refractivity contribution in [2.24, 2.45) is 0 Å². The number of carboxylic acid groups (broad SMARTS) is 1. The molecule has 6 heteroatoms. The first-order valence-corrected chi connectivity index (χ1v) is 5.39. The summed E-state index contributed by atoms with van der Waals surface area (Å²) in [6, 6.07) is 3.67. The number of urea groups is 1. The fourth-order valence-corrected chi connectivity index (χ4v) is 1.35. The first-order valence-electron chi connectivity index (χ1n) is 5.02. The zero-order chi connectivity index (χ0) is 13.5. The Bertz CT molecular complexity index is 532. The van der Waals surface area contributed by atoms with Gasteiger partial charge >= 0.3 is 12.0 Å². The quantitative estimate of drug-likeness (QED) is 0.734. The number of anilines is 1. The highest BCUT2D eigenvalue weighted by molar-refractivity contribution is 6.31. The molecule has 18 heavy (non-hydrogen) atoms. The van der Waals surface area contributed by atoms with Gasteiger partial charge in [-0.05, 0) is 25.1 Å². The van der Waals surface area contributed by atoms with Gasteiger partial charge in [0.05, 0.1) is 17.8 Å². The third-order valence-corrected chi connectivity index (χ3v) is 2.21. The summed E-state index contributed by atoms with van der Waals surface area (Å²) in [6.07, 6.45) is 0. The SMILES string of the molecule is CC#CCNC(=O)Nc1ccc(Cl)cc1C(=O)O. The Labute approximate surface area is 109 Å². The summed E-state index contributed by atoms with van der Waals surface area (Å²) in [7, 11) is 0. The van der Waals surface area contributed by atoms with Crippen LogP contribution in [0.4, 0.5) is 10.5 Å². The third-order valence-electron chi connectivity index (χ3n) is 1.97. The minimum atomic E-state index is -1.17. The lowest BCUT2D eigenvalue weighted by molar-refractivity contribution is 0.0698. The van der Waals surface area contributed by atoms with E-state index in [4.69, 9.17) is 16.7 Å². The molecule has 0 aromatic heterocycles. The molecule has 94 valence electrons. The van der Waals surface area contributed by atoms with Crippen LogP contribution < -0.4 is 10.6 Å². The van der Waals surface area contributed by atoms with E-state index < -0.39 is 12.0 Å². The Kier molecular flexibility index (Phi) is 5.03. The van der Waals surface area contributed by atoms with Crippen molar-refractivity contribution in [2.75, 3.05) is 11.9 Å². The Balaban J connectivity index is 2.79. The van der Waals surface area contributed by atoms with Crippen LogP contribution in [0.25, 0.3) is 0 Å². The van der Waals surface area contributed by atoms with Gasteiger partial charge in [-0.1, -0.05) is 17.5 Å². The molecule has 1 rings (SSSR count). The molecule has 0 atom stereocenters. The lowest BCUT2D eigenvalue weighted by atomic mass is 10.2. The van der Waals surface area contributed by atoms with Crippen molar-refractivity contribution in [3.63, 3.8) is 0 Å². The van der Waals surface area contributed by atoms with Crippen molar-refractivity contribution in [3.05, 3.63) is 28.8 Å². The molecule has 0 heterocycles. The minimum Gasteiger partial charge on any atom is -0.478 e. The molecular weight excluding hydrogens is 256 g/mol. The summed E-state index contributed by atoms with van der Waals surface area (Å²) < 4.78 is 0. The fourth-order valence-electron chi connectivity index (χ4n) is 1.18. The van der Waals surface area contributed by atoms with Crippen molar-refractivity contribution >= 4 is 29.3 Å². The second kappa shape index (κ2) is 6.52. The standard InChI is InChI=1S/C12H11ClN2O3/c1-2-3-6-14-12(18)15-10-5-4-8(13)7-9(10)11(16)17/h4-5,7H,6H2,1H3,(H,16,17)(H2,14,15,18). The first-order chi connectivity index (χ1) is 8.54. The number of nitrogens with one attached hydrogen (secondary N) is 2. The van der Waals surface area contributed by atoms with Crippen LogP contribution in [0.1, 0.15) is 17.3 Å². The van der Waals surface area contributed by atoms with Crippen LogP contribution in [0.2, 0.25) is 5.02 Å². The summed E-state index contributed by atoms with van der Waals surface area (Å²) in [5.41, 5.74) is 0.105. The Hall–Kier alpha value is -2.19. The number of benzene rings is 1. The summed E-state index contributed by atoms with van der Waals surface area (Å²) in [5.74, 6) is 4.11. The molecule has 0 saturated heterocycles. The monoisotopic (exact) mass is 266 g/mol. The third kappa shape index (κ3) is 4.00. The average molecular weight is 267 g/mol. The Morgan fingerprint density at radius 3 is 2.78 bits per heavy atom. The number of halogens is 1. The van der Waals surface area contributed by atoms with Crippen LogP contribution in [-0.2, 0) is 0 Å². The van der Waals surface area contributed by atoms with Crippen molar-refractivity contribution in [3.8, 4) is 11.8 Å². The van der Waals surface area contributed by atoms with Gasteiger partial charge in [-0.2, -0.15) is 0 Å². The molecule has 0 bridgehead atoms. The summed E-state index contributed by atoms with van der Waals surface area (Å²) in [5, 5.41) is 14.1. The fraction of sp³-hybridized carbons (Fsp3) is 0.167. The predicted molar refractivity (Wildman–Crippen MR) is 68.9 cm³/mol. The molecule has 3 N–H and O–H groups in total. The average Bonchev–Trinajstić information content (AvgIpc) is 2.31. The molecule has 0 fully saturated rings. The Morgan fingerprint density at radius 1 is 1.44 bits per heavy atom. The van der Waals surface area contributed by atoms with Crippen LogP contribution in [0, 0.1) is 11.8 Å². The maximum Gasteiger partial charge on any atom is 0.337 e. The molecule has 5 nitrogen and oxygen atoms in total. The molecule has 0 spiro atoms. The number of aromatic carboxylic acids is 1. The summed E-state index contributed by atoms with van der Waals surface area (Å²) in [6.45, 7) is 1.85. The van der Waals surface area contributed by atoms with E-state index in [0.717, 1.165) is 0 Å². The topological polar surface area (TPSA) is 78.4 Å². The molecule has 0 aliphatic rings. The maximum absolute atomic E-state index is 11.4. The van der Waals surface area contributed by atoms with Gasteiger partial charge < -0.3 is 15.7 Å². The number of carbonyl (C=O) groups is 2. The van der Waals surface area contributed by atoms with Crippen molar-refractivity contribution in [1.29, 1.82) is 0 Å². The predicted octanol–water partition coefficient (Wildman–Crippen LogP) is 2.18. The van der Waals surface area contributed by atoms with Gasteiger partial charge in [0, 0.05) is 5.02 Å². The summed E-state index contributed by atoms with van der Waals surface area (Å²) in [4.78, 5) is 22.4. The lowest BCUT2D eigenvalue weighted by Gasteiger charge is -2.08. The molecule has 2 amide bonds. The van der Waals surface area contributed by atoms with Crippen LogP contribution in [0.3, 0.4) is 0 Å². The van der Waals surface area contributed by atoms with Crippen molar-refractivity contribution in [2.45, 2.75) is 6.92 Å². The van der Waals surface area contributed by atoms with Crippen LogP contribution >= 0.6 is 11.6 Å². The summed E-state index contributed by atoms with van der Waals surface area (Å²) >= 11 is 5.69. The van der Waals surface area contributed by atoms with E-state index in [1.165, 1.54) is 18.2 Å². The molecule has 0 aliphatic heterocycles. The van der Waals surface area contributed by atoms with E-state index >= 15 is 0 Å². The lowest BCUT2D eigenvalue weighted by Crippen LogP contribution is -2.29. The van der Waals surface area contributed by atoms with E-state index in [-0.39, 0.29) is 22.8 Å². The number of carboxylic acids is 1. The molecular formula is C12H11ClN2O3. The number of rotatable bonds is 3. The maximum atomic E-state index is 11.4. The van der Waals surface area contributed by atoms with E-state index in [1.807, 2.05) is 0 Å². The molecule has 1 aromatic carbocycles. The van der Waals surface area contributed by atoms with E-state index in [0.29, 0.717) is 0 Å². The highest BCUT2D eigenvalue weighted by Gasteiger charge is 2.12. The number of amides is 2. The first kappa shape index (κ1) is 13.9. The molecule has 0 unspecified atom stereocenters. The van der Waals surface area contributed by atoms with Crippen molar-refractivity contribution < 1.29 is 14.7 Å². The van der Waals surface area contributed by atoms with Gasteiger partial charge in [-0.25, -0.2) is 9.59 Å². The smallest absolute Gasteiger partial charge is 0.337 e. The van der Waals surface area contributed by atoms with Crippen LogP contribution in [0.15, 0.2) is 18.2 Å². The highest BCUT2D eigenvalue weighted by atomic mass is 35.5. The molecule has 0 radical (unpaired) electrons. The molecule has 0 saturated carbocycles. The number of hydrogen-bond donors (Lipinski definition) is 3. The number of carbonyl (C=O) groups excluding carboxylic acids is 1. The normalized spacial score (nSPS) is 9.00. The van der Waals surface area contributed by atoms with Crippen LogP contribution in [-0.4, -0.2) is 23.7 Å². The van der Waals surface area contributed by atoms with Crippen LogP contribution in [0.5, 0.6) is 0 Å². The largest absolute Gasteiger partial charge is 0.478 e. The van der Waals surface area contributed by atoms with Gasteiger partial charge in [-0.15, -0.1) is 5.92 Å². The van der Waals surface area contributed by atoms with E-state index in [1.54, 1.807) is 6.92 Å². The Morgan fingerprint density at radius 2 is 2.17 bits per heavy atom.